The maximum Gasteiger partial charge on any atom is 0.0708 e. The lowest BCUT2D eigenvalue weighted by molar-refractivity contribution is 0.861. The predicted octanol–water partition coefficient (Wildman–Crippen LogP) is 6.16. The zero-order valence-corrected chi connectivity index (χ0v) is 14.3. The minimum Gasteiger partial charge on any atom is -0.256 e. The van der Waals surface area contributed by atoms with E-state index < -0.39 is 0 Å². The Morgan fingerprint density at radius 1 is 0.783 bits per heavy atom. The van der Waals surface area contributed by atoms with Gasteiger partial charge in [-0.3, -0.25) is 4.98 Å². The van der Waals surface area contributed by atoms with E-state index in [1.165, 1.54) is 33.4 Å². The van der Waals surface area contributed by atoms with Crippen LogP contribution in [-0.2, 0) is 0 Å². The van der Waals surface area contributed by atoms with Gasteiger partial charge in [-0.2, -0.15) is 0 Å². The van der Waals surface area contributed by atoms with Crippen LogP contribution in [0.25, 0.3) is 22.4 Å². The van der Waals surface area contributed by atoms with Crippen molar-refractivity contribution in [3.63, 3.8) is 0 Å². The highest BCUT2D eigenvalue weighted by Gasteiger charge is 2.12. The quantitative estimate of drug-likeness (QED) is 0.565. The van der Waals surface area contributed by atoms with E-state index in [9.17, 15) is 0 Å². The average Bonchev–Trinajstić information content (AvgIpc) is 2.54. The van der Waals surface area contributed by atoms with Crippen molar-refractivity contribution in [2.75, 3.05) is 0 Å². The average molecular weight is 301 g/mol. The zero-order valence-electron chi connectivity index (χ0n) is 14.3. The molecule has 0 radical (unpaired) electrons. The van der Waals surface area contributed by atoms with Crippen molar-refractivity contribution in [1.29, 1.82) is 0 Å². The Morgan fingerprint density at radius 3 is 2.04 bits per heavy atom. The summed E-state index contributed by atoms with van der Waals surface area (Å²) >= 11 is 0. The van der Waals surface area contributed by atoms with Crippen molar-refractivity contribution in [2.45, 2.75) is 33.6 Å². The fourth-order valence-corrected chi connectivity index (χ4v) is 3.07. The number of aryl methyl sites for hydroxylation is 2. The van der Waals surface area contributed by atoms with Crippen LogP contribution in [-0.4, -0.2) is 4.98 Å². The number of rotatable bonds is 3. The number of hydrogen-bond donors (Lipinski definition) is 0. The maximum atomic E-state index is 4.74. The third kappa shape index (κ3) is 3.34. The number of benzene rings is 2. The van der Waals surface area contributed by atoms with E-state index in [1.54, 1.807) is 0 Å². The Labute approximate surface area is 139 Å². The molecule has 0 N–H and O–H groups in total. The van der Waals surface area contributed by atoms with Crippen molar-refractivity contribution in [1.82, 2.24) is 4.98 Å². The van der Waals surface area contributed by atoms with Crippen molar-refractivity contribution >= 4 is 0 Å². The van der Waals surface area contributed by atoms with Gasteiger partial charge in [0, 0.05) is 11.8 Å². The highest BCUT2D eigenvalue weighted by Crippen LogP contribution is 2.32. The predicted molar refractivity (Wildman–Crippen MR) is 98.7 cm³/mol. The van der Waals surface area contributed by atoms with Gasteiger partial charge in [0.2, 0.25) is 0 Å². The molecule has 1 heterocycles. The van der Waals surface area contributed by atoms with Crippen molar-refractivity contribution in [2.24, 2.45) is 0 Å². The smallest absolute Gasteiger partial charge is 0.0708 e. The van der Waals surface area contributed by atoms with E-state index in [-0.39, 0.29) is 0 Å². The summed E-state index contributed by atoms with van der Waals surface area (Å²) in [5.41, 5.74) is 8.61. The molecule has 0 spiro atoms. The molecule has 23 heavy (non-hydrogen) atoms. The van der Waals surface area contributed by atoms with Crippen molar-refractivity contribution in [3.8, 4) is 22.4 Å². The number of nitrogens with zero attached hydrogens (tertiary/aromatic N) is 1. The van der Waals surface area contributed by atoms with E-state index in [0.29, 0.717) is 5.92 Å². The van der Waals surface area contributed by atoms with Crippen LogP contribution in [0.3, 0.4) is 0 Å². The van der Waals surface area contributed by atoms with Gasteiger partial charge in [-0.05, 0) is 54.7 Å². The Kier molecular flexibility index (Phi) is 4.29. The van der Waals surface area contributed by atoms with Crippen LogP contribution in [0.2, 0.25) is 0 Å². The first-order valence-electron chi connectivity index (χ1n) is 8.18. The largest absolute Gasteiger partial charge is 0.256 e. The van der Waals surface area contributed by atoms with Gasteiger partial charge in [-0.15, -0.1) is 0 Å². The molecule has 1 aromatic heterocycles. The Balaban J connectivity index is 2.18. The van der Waals surface area contributed by atoms with E-state index in [1.807, 2.05) is 6.20 Å². The van der Waals surface area contributed by atoms with Crippen LogP contribution in [0.1, 0.15) is 36.5 Å². The summed E-state index contributed by atoms with van der Waals surface area (Å²) < 4.78 is 0. The molecule has 3 aromatic rings. The minimum atomic E-state index is 0.450. The molecule has 1 nitrogen and oxygen atoms in total. The molecule has 0 aliphatic heterocycles. The molecule has 0 amide bonds. The lowest BCUT2D eigenvalue weighted by atomic mass is 9.92. The van der Waals surface area contributed by atoms with Gasteiger partial charge in [0.15, 0.2) is 0 Å². The van der Waals surface area contributed by atoms with E-state index in [0.717, 1.165) is 5.69 Å². The molecule has 0 fully saturated rings. The van der Waals surface area contributed by atoms with Crippen molar-refractivity contribution < 1.29 is 0 Å². The van der Waals surface area contributed by atoms with Gasteiger partial charge in [0.05, 0.1) is 5.69 Å². The Bertz CT molecular complexity index is 796. The van der Waals surface area contributed by atoms with E-state index in [2.05, 4.69) is 82.3 Å². The van der Waals surface area contributed by atoms with Gasteiger partial charge in [-0.25, -0.2) is 0 Å². The molecule has 0 aliphatic rings. The molecule has 2 aromatic carbocycles. The van der Waals surface area contributed by atoms with Crippen LogP contribution < -0.4 is 0 Å². The summed E-state index contributed by atoms with van der Waals surface area (Å²) in [6, 6.07) is 19.4. The highest BCUT2D eigenvalue weighted by molar-refractivity contribution is 5.74. The second-order valence-electron chi connectivity index (χ2n) is 6.55. The van der Waals surface area contributed by atoms with Crippen LogP contribution in [0.5, 0.6) is 0 Å². The zero-order chi connectivity index (χ0) is 16.4. The molecule has 0 unspecified atom stereocenters. The molecule has 3 rings (SSSR count). The van der Waals surface area contributed by atoms with Crippen molar-refractivity contribution in [3.05, 3.63) is 77.5 Å². The SMILES string of the molecule is Cc1cc(C)cc(-c2cc(-c3ccccc3)c(C(C)C)cn2)c1. The summed E-state index contributed by atoms with van der Waals surface area (Å²) in [6.45, 7) is 8.72. The molecule has 0 atom stereocenters. The third-order valence-corrected chi connectivity index (χ3v) is 4.16. The molecule has 0 saturated carbocycles. The molecule has 1 heteroatoms. The van der Waals surface area contributed by atoms with Crippen LogP contribution in [0.15, 0.2) is 60.8 Å². The van der Waals surface area contributed by atoms with E-state index in [4.69, 9.17) is 4.98 Å². The first-order chi connectivity index (χ1) is 11.0. The summed E-state index contributed by atoms with van der Waals surface area (Å²) in [6.07, 6.45) is 2.04. The van der Waals surface area contributed by atoms with Gasteiger partial charge in [0.1, 0.15) is 0 Å². The van der Waals surface area contributed by atoms with Gasteiger partial charge < -0.3 is 0 Å². The number of pyridine rings is 1. The van der Waals surface area contributed by atoms with Crippen LogP contribution >= 0.6 is 0 Å². The summed E-state index contributed by atoms with van der Waals surface area (Å²) in [4.78, 5) is 4.74. The number of aromatic nitrogens is 1. The maximum absolute atomic E-state index is 4.74. The highest BCUT2D eigenvalue weighted by atomic mass is 14.7. The monoisotopic (exact) mass is 301 g/mol. The minimum absolute atomic E-state index is 0.450. The lowest BCUT2D eigenvalue weighted by Gasteiger charge is -2.15. The first-order valence-corrected chi connectivity index (χ1v) is 8.18. The lowest BCUT2D eigenvalue weighted by Crippen LogP contribution is -1.96. The molecule has 116 valence electrons. The molecule has 0 saturated heterocycles. The summed E-state index contributed by atoms with van der Waals surface area (Å²) in [7, 11) is 0. The van der Waals surface area contributed by atoms with Crippen LogP contribution in [0.4, 0.5) is 0 Å². The van der Waals surface area contributed by atoms with Gasteiger partial charge >= 0.3 is 0 Å². The molecular formula is C22H23N. The second kappa shape index (κ2) is 6.37. The van der Waals surface area contributed by atoms with Gasteiger partial charge in [0.25, 0.3) is 0 Å². The van der Waals surface area contributed by atoms with Gasteiger partial charge in [-0.1, -0.05) is 61.4 Å². The summed E-state index contributed by atoms with van der Waals surface area (Å²) in [5.74, 6) is 0.450. The topological polar surface area (TPSA) is 12.9 Å². The molecular weight excluding hydrogens is 278 g/mol. The molecule has 0 aliphatic carbocycles. The Hall–Kier alpha value is -2.41. The fraction of sp³-hybridized carbons (Fsp3) is 0.227. The second-order valence-corrected chi connectivity index (χ2v) is 6.55. The Morgan fingerprint density at radius 2 is 1.43 bits per heavy atom. The molecule has 0 bridgehead atoms. The van der Waals surface area contributed by atoms with E-state index >= 15 is 0 Å². The van der Waals surface area contributed by atoms with Crippen LogP contribution in [0, 0.1) is 13.8 Å². The number of hydrogen-bond acceptors (Lipinski definition) is 1. The first kappa shape index (κ1) is 15.5. The normalized spacial score (nSPS) is 11.0. The third-order valence-electron chi connectivity index (χ3n) is 4.16. The summed E-state index contributed by atoms with van der Waals surface area (Å²) in [5, 5.41) is 0. The standard InChI is InChI=1S/C22H23N/c1-15(2)21-14-23-22(19-11-16(3)10-17(4)12-19)13-20(21)18-8-6-5-7-9-18/h5-15H,1-4H3. The fourth-order valence-electron chi connectivity index (χ4n) is 3.07.